The van der Waals surface area contributed by atoms with Gasteiger partial charge in [-0.05, 0) is 84.9 Å². The highest BCUT2D eigenvalue weighted by atomic mass is 32.1. The van der Waals surface area contributed by atoms with E-state index in [4.69, 9.17) is 4.74 Å². The van der Waals surface area contributed by atoms with E-state index in [-0.39, 0.29) is 34.6 Å². The molecule has 2 aliphatic carbocycles. The molecular weight excluding hydrogens is 472 g/mol. The molecule has 2 saturated carbocycles. The molecule has 196 valence electrons. The molecule has 0 unspecified atom stereocenters. The number of amides is 2. The van der Waals surface area contributed by atoms with Crippen molar-refractivity contribution in [1.82, 2.24) is 10.6 Å². The summed E-state index contributed by atoms with van der Waals surface area (Å²) in [4.78, 5) is 27.0. The zero-order chi connectivity index (χ0) is 26.0. The van der Waals surface area contributed by atoms with Gasteiger partial charge in [0.25, 0.3) is 0 Å². The van der Waals surface area contributed by atoms with Gasteiger partial charge in [-0.2, -0.15) is 0 Å². The van der Waals surface area contributed by atoms with Gasteiger partial charge >= 0.3 is 0 Å². The van der Waals surface area contributed by atoms with Crippen LogP contribution in [0.25, 0.3) is 0 Å². The maximum Gasteiger partial charge on any atom is 0.225 e. The Morgan fingerprint density at radius 2 is 1.83 bits per heavy atom. The first-order valence-electron chi connectivity index (χ1n) is 13.0. The Morgan fingerprint density at radius 3 is 2.50 bits per heavy atom. The van der Waals surface area contributed by atoms with Gasteiger partial charge in [0.1, 0.15) is 5.75 Å². The largest absolute Gasteiger partial charge is 0.497 e. The van der Waals surface area contributed by atoms with Crippen LogP contribution in [0.3, 0.4) is 0 Å². The SMILES string of the molecule is COc1ccc(CNC(=O)CC[C@@]23CC[C@@](C)(O)C[C@H]2C(C)(C)C[C@@H]3NC(=O)Cc2cccs2)cc1. The summed E-state index contributed by atoms with van der Waals surface area (Å²) in [7, 11) is 1.64. The van der Waals surface area contributed by atoms with Crippen LogP contribution in [0.15, 0.2) is 41.8 Å². The van der Waals surface area contributed by atoms with Gasteiger partial charge in [-0.25, -0.2) is 0 Å². The second-order valence-electron chi connectivity index (χ2n) is 11.7. The number of methoxy groups -OCH3 is 1. The smallest absolute Gasteiger partial charge is 0.225 e. The van der Waals surface area contributed by atoms with Crippen LogP contribution in [0.4, 0.5) is 0 Å². The fraction of sp³-hybridized carbons (Fsp3) is 0.586. The van der Waals surface area contributed by atoms with Crippen molar-refractivity contribution in [2.75, 3.05) is 7.11 Å². The monoisotopic (exact) mass is 512 g/mol. The molecule has 2 amide bonds. The summed E-state index contributed by atoms with van der Waals surface area (Å²) >= 11 is 1.60. The van der Waals surface area contributed by atoms with Gasteiger partial charge in [-0.15, -0.1) is 11.3 Å². The van der Waals surface area contributed by atoms with Crippen molar-refractivity contribution >= 4 is 23.2 Å². The van der Waals surface area contributed by atoms with Crippen molar-refractivity contribution in [2.45, 2.75) is 83.9 Å². The standard InChI is InChI=1S/C29H40N2O4S/c1-27(2)18-24(31-26(33)16-22-6-5-15-36-22)29(14-13-28(3,34)17-23(27)29)12-11-25(32)30-19-20-7-9-21(35-4)10-8-20/h5-10,15,23-24,34H,11-14,16-19H2,1-4H3,(H,30,32)(H,31,33)/t23-,24-,28+,29+/m0/s1. The summed E-state index contributed by atoms with van der Waals surface area (Å²) in [5, 5.41) is 19.4. The Hall–Kier alpha value is -2.38. The maximum atomic E-state index is 13.0. The Morgan fingerprint density at radius 1 is 1.08 bits per heavy atom. The summed E-state index contributed by atoms with van der Waals surface area (Å²) < 4.78 is 5.20. The number of carbonyl (C=O) groups is 2. The lowest BCUT2D eigenvalue weighted by Crippen LogP contribution is -2.53. The molecule has 0 bridgehead atoms. The van der Waals surface area contributed by atoms with E-state index in [9.17, 15) is 14.7 Å². The highest BCUT2D eigenvalue weighted by molar-refractivity contribution is 7.10. The predicted molar refractivity (Wildman–Crippen MR) is 143 cm³/mol. The van der Waals surface area contributed by atoms with E-state index in [1.54, 1.807) is 18.4 Å². The van der Waals surface area contributed by atoms with Crippen molar-refractivity contribution in [3.05, 3.63) is 52.2 Å². The molecule has 0 saturated heterocycles. The van der Waals surface area contributed by atoms with E-state index < -0.39 is 5.60 Å². The number of ether oxygens (including phenoxy) is 1. The van der Waals surface area contributed by atoms with E-state index in [0.29, 0.717) is 38.6 Å². The minimum absolute atomic E-state index is 0.00421. The van der Waals surface area contributed by atoms with Crippen LogP contribution in [0.2, 0.25) is 0 Å². The average Bonchev–Trinajstić information content (AvgIpc) is 3.41. The van der Waals surface area contributed by atoms with Crippen molar-refractivity contribution < 1.29 is 19.4 Å². The fourth-order valence-electron chi connectivity index (χ4n) is 6.63. The minimum Gasteiger partial charge on any atom is -0.497 e. The van der Waals surface area contributed by atoms with Crippen LogP contribution in [-0.4, -0.2) is 35.7 Å². The first-order valence-corrected chi connectivity index (χ1v) is 13.8. The van der Waals surface area contributed by atoms with Crippen LogP contribution in [0.1, 0.15) is 69.7 Å². The summed E-state index contributed by atoms with van der Waals surface area (Å²) in [6.07, 6.45) is 4.55. The third kappa shape index (κ3) is 5.94. The number of fused-ring (bicyclic) bond motifs is 1. The molecule has 2 aromatic rings. The van der Waals surface area contributed by atoms with E-state index >= 15 is 0 Å². The highest BCUT2D eigenvalue weighted by Crippen LogP contribution is 2.63. The quantitative estimate of drug-likeness (QED) is 0.448. The van der Waals surface area contributed by atoms with Crippen molar-refractivity contribution in [3.63, 3.8) is 0 Å². The summed E-state index contributed by atoms with van der Waals surface area (Å²) in [5.74, 6) is 1.08. The molecule has 0 aliphatic heterocycles. The van der Waals surface area contributed by atoms with E-state index in [1.807, 2.05) is 48.7 Å². The number of nitrogens with one attached hydrogen (secondary N) is 2. The van der Waals surface area contributed by atoms with Gasteiger partial charge in [-0.1, -0.05) is 32.0 Å². The zero-order valence-corrected chi connectivity index (χ0v) is 22.7. The second kappa shape index (κ2) is 10.5. The Balaban J connectivity index is 1.45. The van der Waals surface area contributed by atoms with Crippen molar-refractivity contribution in [1.29, 1.82) is 0 Å². The molecule has 3 N–H and O–H groups in total. The van der Waals surface area contributed by atoms with Gasteiger partial charge in [-0.3, -0.25) is 9.59 Å². The predicted octanol–water partition coefficient (Wildman–Crippen LogP) is 4.85. The number of thiophene rings is 1. The summed E-state index contributed by atoms with van der Waals surface area (Å²) in [5.41, 5.74) is 0.0755. The van der Waals surface area contributed by atoms with E-state index in [1.165, 1.54) is 0 Å². The number of carbonyl (C=O) groups excluding carboxylic acids is 2. The van der Waals surface area contributed by atoms with Gasteiger partial charge in [0.2, 0.25) is 11.8 Å². The van der Waals surface area contributed by atoms with Crippen LogP contribution >= 0.6 is 11.3 Å². The molecule has 2 aliphatic rings. The topological polar surface area (TPSA) is 87.7 Å². The van der Waals surface area contributed by atoms with Crippen molar-refractivity contribution in [2.24, 2.45) is 16.7 Å². The van der Waals surface area contributed by atoms with Crippen LogP contribution in [-0.2, 0) is 22.6 Å². The lowest BCUT2D eigenvalue weighted by molar-refractivity contribution is -0.125. The number of benzene rings is 1. The van der Waals surface area contributed by atoms with Gasteiger partial charge in [0, 0.05) is 23.9 Å². The Kier molecular flexibility index (Phi) is 7.81. The molecule has 4 rings (SSSR count). The zero-order valence-electron chi connectivity index (χ0n) is 21.9. The average molecular weight is 513 g/mol. The third-order valence-corrected chi connectivity index (χ3v) is 9.43. The first kappa shape index (κ1) is 26.7. The second-order valence-corrected chi connectivity index (χ2v) is 12.7. The molecule has 2 fully saturated rings. The lowest BCUT2D eigenvalue weighted by Gasteiger charge is -2.50. The molecule has 0 spiro atoms. The minimum atomic E-state index is -0.710. The van der Waals surface area contributed by atoms with E-state index in [0.717, 1.165) is 29.0 Å². The molecule has 6 nitrogen and oxygen atoms in total. The summed E-state index contributed by atoms with van der Waals surface area (Å²) in [6, 6.07) is 11.6. The molecule has 0 radical (unpaired) electrons. The molecule has 4 atom stereocenters. The number of hydrogen-bond donors (Lipinski definition) is 3. The molecule has 1 aromatic heterocycles. The third-order valence-electron chi connectivity index (χ3n) is 8.55. The van der Waals surface area contributed by atoms with Gasteiger partial charge in [0.15, 0.2) is 0 Å². The Bertz CT molecular complexity index is 1050. The lowest BCUT2D eigenvalue weighted by atomic mass is 9.57. The normalized spacial score (nSPS) is 28.8. The molecule has 1 heterocycles. The van der Waals surface area contributed by atoms with Gasteiger partial charge in [0.05, 0.1) is 19.1 Å². The molecule has 36 heavy (non-hydrogen) atoms. The molecule has 7 heteroatoms. The van der Waals surface area contributed by atoms with E-state index in [2.05, 4.69) is 24.5 Å². The van der Waals surface area contributed by atoms with Crippen LogP contribution in [0.5, 0.6) is 5.75 Å². The Labute approximate surface area is 218 Å². The van der Waals surface area contributed by atoms with Crippen LogP contribution < -0.4 is 15.4 Å². The number of aliphatic hydroxyl groups is 1. The maximum absolute atomic E-state index is 13.0. The molecule has 1 aromatic carbocycles. The summed E-state index contributed by atoms with van der Waals surface area (Å²) in [6.45, 7) is 6.91. The van der Waals surface area contributed by atoms with Crippen LogP contribution in [0, 0.1) is 16.7 Å². The van der Waals surface area contributed by atoms with Gasteiger partial charge < -0.3 is 20.5 Å². The first-order chi connectivity index (χ1) is 17.0. The fourth-order valence-corrected chi connectivity index (χ4v) is 7.33. The van der Waals surface area contributed by atoms with Crippen molar-refractivity contribution in [3.8, 4) is 5.75 Å². The highest BCUT2D eigenvalue weighted by Gasteiger charge is 2.61. The number of hydrogen-bond acceptors (Lipinski definition) is 5. The molecular formula is C29H40N2O4S. The number of rotatable bonds is 9.